The first-order valence-electron chi connectivity index (χ1n) is 7.08. The van der Waals surface area contributed by atoms with E-state index in [2.05, 4.69) is 0 Å². The highest BCUT2D eigenvalue weighted by Gasteiger charge is 2.32. The summed E-state index contributed by atoms with van der Waals surface area (Å²) < 4.78 is 18.2. The van der Waals surface area contributed by atoms with Gasteiger partial charge in [0.15, 0.2) is 0 Å². The second kappa shape index (κ2) is 7.38. The molecule has 116 valence electrons. The molecular formula is C15H20FNO4. The number of benzene rings is 1. The largest absolute Gasteiger partial charge is 0.494 e. The van der Waals surface area contributed by atoms with Crippen molar-refractivity contribution >= 4 is 5.97 Å². The molecule has 2 atom stereocenters. The maximum Gasteiger partial charge on any atom is 0.309 e. The van der Waals surface area contributed by atoms with Crippen LogP contribution in [0.4, 0.5) is 4.39 Å². The lowest BCUT2D eigenvalue weighted by Crippen LogP contribution is -2.46. The van der Waals surface area contributed by atoms with Crippen molar-refractivity contribution in [2.45, 2.75) is 18.9 Å². The van der Waals surface area contributed by atoms with E-state index in [-0.39, 0.29) is 5.82 Å². The van der Waals surface area contributed by atoms with Gasteiger partial charge in [-0.2, -0.15) is 0 Å². The lowest BCUT2D eigenvalue weighted by molar-refractivity contribution is -0.148. The number of nitrogens with zero attached hydrogens (tertiary/aromatic N) is 1. The zero-order chi connectivity index (χ0) is 15.2. The predicted octanol–water partition coefficient (Wildman–Crippen LogP) is 1.36. The Morgan fingerprint density at radius 3 is 2.71 bits per heavy atom. The molecule has 0 aliphatic carbocycles. The van der Waals surface area contributed by atoms with Gasteiger partial charge in [0.25, 0.3) is 0 Å². The molecule has 1 aromatic rings. The smallest absolute Gasteiger partial charge is 0.309 e. The van der Waals surface area contributed by atoms with Crippen LogP contribution in [-0.2, 0) is 4.79 Å². The Balaban J connectivity index is 1.65. The summed E-state index contributed by atoms with van der Waals surface area (Å²) in [5, 5.41) is 18.7. The van der Waals surface area contributed by atoms with Gasteiger partial charge in [-0.25, -0.2) is 4.39 Å². The number of aliphatic hydroxyl groups is 1. The number of halogens is 1. The van der Waals surface area contributed by atoms with Crippen molar-refractivity contribution < 1.29 is 24.1 Å². The van der Waals surface area contributed by atoms with Crippen molar-refractivity contribution in [3.8, 4) is 5.75 Å². The first kappa shape index (κ1) is 15.7. The van der Waals surface area contributed by atoms with E-state index in [0.717, 1.165) is 13.0 Å². The molecule has 0 radical (unpaired) electrons. The van der Waals surface area contributed by atoms with Crippen LogP contribution in [0.25, 0.3) is 0 Å². The molecule has 1 heterocycles. The summed E-state index contributed by atoms with van der Waals surface area (Å²) in [5.41, 5.74) is 0. The Hall–Kier alpha value is -1.66. The summed E-state index contributed by atoms with van der Waals surface area (Å²) in [5.74, 6) is -1.25. The second-order valence-corrected chi connectivity index (χ2v) is 5.26. The highest BCUT2D eigenvalue weighted by Crippen LogP contribution is 2.18. The van der Waals surface area contributed by atoms with E-state index in [1.807, 2.05) is 4.90 Å². The van der Waals surface area contributed by atoms with E-state index in [1.54, 1.807) is 12.1 Å². The molecule has 1 aliphatic rings. The predicted molar refractivity (Wildman–Crippen MR) is 74.7 cm³/mol. The van der Waals surface area contributed by atoms with Crippen LogP contribution in [0.2, 0.25) is 0 Å². The fraction of sp³-hybridized carbons (Fsp3) is 0.533. The third-order valence-electron chi connectivity index (χ3n) is 3.68. The minimum atomic E-state index is -0.929. The van der Waals surface area contributed by atoms with Crippen molar-refractivity contribution in [1.82, 2.24) is 4.90 Å². The Morgan fingerprint density at radius 1 is 1.38 bits per heavy atom. The van der Waals surface area contributed by atoms with Crippen molar-refractivity contribution in [1.29, 1.82) is 0 Å². The Bertz CT molecular complexity index is 465. The fourth-order valence-corrected chi connectivity index (χ4v) is 2.50. The van der Waals surface area contributed by atoms with E-state index >= 15 is 0 Å². The van der Waals surface area contributed by atoms with Crippen LogP contribution in [0.3, 0.4) is 0 Å². The molecule has 2 rings (SSSR count). The number of carboxylic acid groups (broad SMARTS) is 1. The molecular weight excluding hydrogens is 277 g/mol. The fourth-order valence-electron chi connectivity index (χ4n) is 2.50. The van der Waals surface area contributed by atoms with Crippen LogP contribution in [0, 0.1) is 11.7 Å². The number of hydrogen-bond acceptors (Lipinski definition) is 4. The standard InChI is InChI=1S/C15H20FNO4/c16-11-2-4-12(5-3-11)21-9-1-7-17-8-6-13(15(19)20)14(18)10-17/h2-5,13-14,18H,1,6-10H2,(H,19,20)/t13-,14+/m0/s1. The van der Waals surface area contributed by atoms with Crippen LogP contribution in [-0.4, -0.2) is 53.4 Å². The minimum absolute atomic E-state index is 0.294. The van der Waals surface area contributed by atoms with Gasteiger partial charge in [-0.15, -0.1) is 0 Å². The third kappa shape index (κ3) is 4.68. The molecule has 0 spiro atoms. The summed E-state index contributed by atoms with van der Waals surface area (Å²) in [6, 6.07) is 5.86. The zero-order valence-electron chi connectivity index (χ0n) is 11.7. The van der Waals surface area contributed by atoms with E-state index < -0.39 is 18.0 Å². The molecule has 0 unspecified atom stereocenters. The summed E-state index contributed by atoms with van der Waals surface area (Å²) >= 11 is 0. The number of β-amino-alcohol motifs (C(OH)–C–C–N with tert-alkyl or cyclic N) is 1. The van der Waals surface area contributed by atoms with Gasteiger partial charge in [-0.05, 0) is 43.7 Å². The van der Waals surface area contributed by atoms with Crippen LogP contribution >= 0.6 is 0 Å². The van der Waals surface area contributed by atoms with E-state index in [4.69, 9.17) is 9.84 Å². The highest BCUT2D eigenvalue weighted by molar-refractivity contribution is 5.70. The maximum absolute atomic E-state index is 12.7. The Labute approximate surface area is 122 Å². The Morgan fingerprint density at radius 2 is 2.10 bits per heavy atom. The van der Waals surface area contributed by atoms with Gasteiger partial charge in [0.1, 0.15) is 11.6 Å². The van der Waals surface area contributed by atoms with Gasteiger partial charge in [0, 0.05) is 13.1 Å². The molecule has 6 heteroatoms. The van der Waals surface area contributed by atoms with Gasteiger partial charge in [-0.3, -0.25) is 4.79 Å². The summed E-state index contributed by atoms with van der Waals surface area (Å²) in [6.07, 6.45) is 0.422. The average Bonchev–Trinajstić information content (AvgIpc) is 2.45. The number of carboxylic acids is 1. The second-order valence-electron chi connectivity index (χ2n) is 5.26. The molecule has 0 bridgehead atoms. The number of likely N-dealkylation sites (tertiary alicyclic amines) is 1. The number of aliphatic hydroxyl groups excluding tert-OH is 1. The number of rotatable bonds is 6. The topological polar surface area (TPSA) is 70.0 Å². The van der Waals surface area contributed by atoms with Crippen LogP contribution in [0.1, 0.15) is 12.8 Å². The summed E-state index contributed by atoms with van der Waals surface area (Å²) in [4.78, 5) is 12.9. The molecule has 0 aromatic heterocycles. The van der Waals surface area contributed by atoms with Crippen molar-refractivity contribution in [3.05, 3.63) is 30.1 Å². The van der Waals surface area contributed by atoms with Gasteiger partial charge in [-0.1, -0.05) is 0 Å². The number of hydrogen-bond donors (Lipinski definition) is 2. The molecule has 1 saturated heterocycles. The van der Waals surface area contributed by atoms with Crippen molar-refractivity contribution in [2.75, 3.05) is 26.2 Å². The van der Waals surface area contributed by atoms with Crippen LogP contribution in [0.5, 0.6) is 5.75 Å². The first-order chi connectivity index (χ1) is 10.1. The monoisotopic (exact) mass is 297 g/mol. The molecule has 1 aromatic carbocycles. The number of carbonyl (C=O) groups is 1. The summed E-state index contributed by atoms with van der Waals surface area (Å²) in [6.45, 7) is 2.29. The van der Waals surface area contributed by atoms with E-state index in [0.29, 0.717) is 31.9 Å². The van der Waals surface area contributed by atoms with Crippen LogP contribution in [0.15, 0.2) is 24.3 Å². The highest BCUT2D eigenvalue weighted by atomic mass is 19.1. The molecule has 1 fully saturated rings. The number of ether oxygens (including phenoxy) is 1. The van der Waals surface area contributed by atoms with E-state index in [1.165, 1.54) is 12.1 Å². The molecule has 2 N–H and O–H groups in total. The quantitative estimate of drug-likeness (QED) is 0.776. The average molecular weight is 297 g/mol. The molecule has 1 aliphatic heterocycles. The molecule has 0 amide bonds. The van der Waals surface area contributed by atoms with Gasteiger partial charge in [0.2, 0.25) is 0 Å². The lowest BCUT2D eigenvalue weighted by Gasteiger charge is -2.33. The number of aliphatic carboxylic acids is 1. The first-order valence-corrected chi connectivity index (χ1v) is 7.08. The van der Waals surface area contributed by atoms with Gasteiger partial charge in [0.05, 0.1) is 18.6 Å². The van der Waals surface area contributed by atoms with Crippen molar-refractivity contribution in [3.63, 3.8) is 0 Å². The normalized spacial score (nSPS) is 23.0. The van der Waals surface area contributed by atoms with Crippen LogP contribution < -0.4 is 4.74 Å². The summed E-state index contributed by atoms with van der Waals surface area (Å²) in [7, 11) is 0. The third-order valence-corrected chi connectivity index (χ3v) is 3.68. The molecule has 5 nitrogen and oxygen atoms in total. The maximum atomic E-state index is 12.7. The van der Waals surface area contributed by atoms with Crippen molar-refractivity contribution in [2.24, 2.45) is 5.92 Å². The number of piperidine rings is 1. The Kier molecular flexibility index (Phi) is 5.52. The molecule has 0 saturated carbocycles. The van der Waals surface area contributed by atoms with Gasteiger partial charge < -0.3 is 19.8 Å². The lowest BCUT2D eigenvalue weighted by atomic mass is 9.94. The molecule has 21 heavy (non-hydrogen) atoms. The van der Waals surface area contributed by atoms with E-state index in [9.17, 15) is 14.3 Å². The van der Waals surface area contributed by atoms with Gasteiger partial charge >= 0.3 is 5.97 Å². The zero-order valence-corrected chi connectivity index (χ0v) is 11.7. The minimum Gasteiger partial charge on any atom is -0.494 e. The SMILES string of the molecule is O=C(O)[C@H]1CCN(CCCOc2ccc(F)cc2)C[C@H]1O.